The quantitative estimate of drug-likeness (QED) is 0.130. The van der Waals surface area contributed by atoms with Gasteiger partial charge in [0.2, 0.25) is 0 Å². The molecule has 6 nitrogen and oxygen atoms in total. The van der Waals surface area contributed by atoms with Crippen molar-refractivity contribution in [3.63, 3.8) is 0 Å². The van der Waals surface area contributed by atoms with Crippen LogP contribution in [0, 0.1) is 13.8 Å². The van der Waals surface area contributed by atoms with Crippen molar-refractivity contribution in [2.75, 3.05) is 0 Å². The summed E-state index contributed by atoms with van der Waals surface area (Å²) in [6, 6.07) is 23.0. The molecular weight excluding hydrogens is 466 g/mol. The summed E-state index contributed by atoms with van der Waals surface area (Å²) in [7, 11) is 0. The number of esters is 1. The summed E-state index contributed by atoms with van der Waals surface area (Å²) in [6.07, 6.45) is 1.22. The molecule has 5 rings (SSSR count). The van der Waals surface area contributed by atoms with Gasteiger partial charge in [-0.05, 0) is 66.4 Å². The Morgan fingerprint density at radius 3 is 2.27 bits per heavy atom. The molecule has 0 fully saturated rings. The van der Waals surface area contributed by atoms with Gasteiger partial charge in [0.05, 0.1) is 22.2 Å². The number of nitrogens with zero attached hydrogens (tertiary/aromatic N) is 1. The number of carbonyl (C=O) groups excluding carboxylic acids is 2. The molecule has 0 aliphatic carbocycles. The van der Waals surface area contributed by atoms with Crippen molar-refractivity contribution in [3.8, 4) is 5.75 Å². The van der Waals surface area contributed by atoms with E-state index in [-0.39, 0.29) is 5.56 Å². The van der Waals surface area contributed by atoms with Crippen molar-refractivity contribution in [1.29, 1.82) is 0 Å². The van der Waals surface area contributed by atoms with E-state index in [4.69, 9.17) is 4.74 Å². The van der Waals surface area contributed by atoms with Crippen LogP contribution in [0.1, 0.15) is 53.3 Å². The average molecular weight is 490 g/mol. The van der Waals surface area contributed by atoms with Crippen molar-refractivity contribution in [1.82, 2.24) is 4.98 Å². The highest BCUT2D eigenvalue weighted by molar-refractivity contribution is 6.15. The number of fused-ring (bicyclic) bond motifs is 2. The van der Waals surface area contributed by atoms with Crippen LogP contribution in [-0.2, 0) is 6.42 Å². The molecule has 0 bridgehead atoms. The number of carboxylic acid groups (broad SMARTS) is 1. The number of carbonyl (C=O) groups is 3. The zero-order chi connectivity index (χ0) is 26.1. The van der Waals surface area contributed by atoms with Crippen LogP contribution in [0.15, 0.2) is 78.9 Å². The number of pyridine rings is 1. The molecule has 182 valence electrons. The fraction of sp³-hybridized carbons (Fsp3) is 0.0968. The molecule has 0 aliphatic heterocycles. The zero-order valence-corrected chi connectivity index (χ0v) is 20.3. The van der Waals surface area contributed by atoms with E-state index in [1.165, 1.54) is 0 Å². The lowest BCUT2D eigenvalue weighted by atomic mass is 9.93. The highest BCUT2D eigenvalue weighted by Crippen LogP contribution is 2.30. The number of hydrogen-bond acceptors (Lipinski definition) is 5. The van der Waals surface area contributed by atoms with Gasteiger partial charge in [0.15, 0.2) is 0 Å². The summed E-state index contributed by atoms with van der Waals surface area (Å²) in [5.74, 6) is -1.07. The van der Waals surface area contributed by atoms with E-state index in [1.807, 2.05) is 50.2 Å². The normalized spacial score (nSPS) is 11.0. The Morgan fingerprint density at radius 2 is 1.54 bits per heavy atom. The lowest BCUT2D eigenvalue weighted by Gasteiger charge is -2.15. The SMILES string of the molecule is Cc1cc(C(=O)O)cc(C)c1Cc1ccccc1OC(=O)c1c2ccccc2nc2cc(C=O)ccc12. The zero-order valence-electron chi connectivity index (χ0n) is 20.3. The number of aryl methyl sites for hydroxylation is 2. The number of aromatic carboxylic acids is 1. The van der Waals surface area contributed by atoms with Gasteiger partial charge in [-0.25, -0.2) is 14.6 Å². The summed E-state index contributed by atoms with van der Waals surface area (Å²) in [4.78, 5) is 41.1. The molecule has 37 heavy (non-hydrogen) atoms. The van der Waals surface area contributed by atoms with Gasteiger partial charge in [0, 0.05) is 22.8 Å². The van der Waals surface area contributed by atoms with Gasteiger partial charge in [-0.1, -0.05) is 48.5 Å². The summed E-state index contributed by atoms with van der Waals surface area (Å²) in [5.41, 5.74) is 5.76. The van der Waals surface area contributed by atoms with Gasteiger partial charge in [0.1, 0.15) is 12.0 Å². The van der Waals surface area contributed by atoms with Crippen LogP contribution in [0.25, 0.3) is 21.8 Å². The van der Waals surface area contributed by atoms with E-state index < -0.39 is 11.9 Å². The molecule has 0 spiro atoms. The van der Waals surface area contributed by atoms with Crippen LogP contribution in [-0.4, -0.2) is 28.3 Å². The molecule has 6 heteroatoms. The number of rotatable bonds is 6. The lowest BCUT2D eigenvalue weighted by Crippen LogP contribution is -2.12. The maximum atomic E-state index is 13.7. The van der Waals surface area contributed by atoms with E-state index in [1.54, 1.807) is 42.5 Å². The van der Waals surface area contributed by atoms with Crippen LogP contribution < -0.4 is 4.74 Å². The smallest absolute Gasteiger partial charge is 0.344 e. The maximum absolute atomic E-state index is 13.7. The first-order chi connectivity index (χ1) is 17.9. The molecule has 0 aliphatic rings. The van der Waals surface area contributed by atoms with Crippen LogP contribution in [0.2, 0.25) is 0 Å². The number of aromatic nitrogens is 1. The van der Waals surface area contributed by atoms with Crippen molar-refractivity contribution >= 4 is 40.0 Å². The fourth-order valence-electron chi connectivity index (χ4n) is 4.69. The Morgan fingerprint density at radius 1 is 0.865 bits per heavy atom. The first-order valence-electron chi connectivity index (χ1n) is 11.8. The minimum absolute atomic E-state index is 0.243. The van der Waals surface area contributed by atoms with Gasteiger partial charge in [-0.15, -0.1) is 0 Å². The molecule has 0 unspecified atom stereocenters. The maximum Gasteiger partial charge on any atom is 0.344 e. The molecular formula is C31H23NO5. The van der Waals surface area contributed by atoms with Crippen molar-refractivity contribution < 1.29 is 24.2 Å². The molecule has 1 heterocycles. The first-order valence-corrected chi connectivity index (χ1v) is 11.8. The number of para-hydroxylation sites is 2. The molecule has 1 N–H and O–H groups in total. The number of carboxylic acids is 1. The number of aldehydes is 1. The van der Waals surface area contributed by atoms with Gasteiger partial charge >= 0.3 is 11.9 Å². The van der Waals surface area contributed by atoms with Crippen LogP contribution in [0.3, 0.4) is 0 Å². The highest BCUT2D eigenvalue weighted by Gasteiger charge is 2.20. The summed E-state index contributed by atoms with van der Waals surface area (Å²) < 4.78 is 5.99. The molecule has 1 aromatic heterocycles. The predicted molar refractivity (Wildman–Crippen MR) is 142 cm³/mol. The second kappa shape index (κ2) is 9.66. The van der Waals surface area contributed by atoms with Gasteiger partial charge in [0.25, 0.3) is 0 Å². The Labute approximate surface area is 213 Å². The minimum atomic E-state index is -0.968. The molecule has 0 saturated heterocycles. The van der Waals surface area contributed by atoms with Gasteiger partial charge in [-0.2, -0.15) is 0 Å². The third-order valence-corrected chi connectivity index (χ3v) is 6.53. The Hall–Kier alpha value is -4.84. The van der Waals surface area contributed by atoms with Gasteiger partial charge < -0.3 is 9.84 Å². The third kappa shape index (κ3) is 4.57. The van der Waals surface area contributed by atoms with Crippen LogP contribution in [0.5, 0.6) is 5.75 Å². The second-order valence-corrected chi connectivity index (χ2v) is 8.97. The minimum Gasteiger partial charge on any atom is -0.478 e. The standard InChI is InChI=1S/C31H23NO5/c1-18-13-22(30(34)35)14-19(2)25(18)16-21-7-3-6-10-28(21)37-31(36)29-23-8-4-5-9-26(23)32-27-15-20(17-33)11-12-24(27)29/h3-15,17H,16H2,1-2H3,(H,34,35). The molecule has 0 radical (unpaired) electrons. The Balaban J connectivity index is 1.56. The van der Waals surface area contributed by atoms with E-state index >= 15 is 0 Å². The van der Waals surface area contributed by atoms with E-state index in [0.29, 0.717) is 45.1 Å². The van der Waals surface area contributed by atoms with Crippen molar-refractivity contribution in [3.05, 3.63) is 118 Å². The van der Waals surface area contributed by atoms with Crippen LogP contribution in [0.4, 0.5) is 0 Å². The predicted octanol–water partition coefficient (Wildman–Crippen LogP) is 6.33. The summed E-state index contributed by atoms with van der Waals surface area (Å²) in [6.45, 7) is 3.76. The second-order valence-electron chi connectivity index (χ2n) is 8.97. The Kier molecular flexibility index (Phi) is 6.24. The average Bonchev–Trinajstić information content (AvgIpc) is 2.89. The van der Waals surface area contributed by atoms with Crippen molar-refractivity contribution in [2.24, 2.45) is 0 Å². The first kappa shape index (κ1) is 23.9. The summed E-state index contributed by atoms with van der Waals surface area (Å²) >= 11 is 0. The number of hydrogen-bond donors (Lipinski definition) is 1. The third-order valence-electron chi connectivity index (χ3n) is 6.53. The lowest BCUT2D eigenvalue weighted by molar-refractivity contribution is 0.0694. The highest BCUT2D eigenvalue weighted by atomic mass is 16.5. The Bertz CT molecular complexity index is 1700. The van der Waals surface area contributed by atoms with Gasteiger partial charge in [-0.3, -0.25) is 4.79 Å². The fourth-order valence-corrected chi connectivity index (χ4v) is 4.69. The molecule has 4 aromatic carbocycles. The molecule has 0 saturated carbocycles. The largest absolute Gasteiger partial charge is 0.478 e. The topological polar surface area (TPSA) is 93.6 Å². The van der Waals surface area contributed by atoms with E-state index in [2.05, 4.69) is 4.98 Å². The number of ether oxygens (including phenoxy) is 1. The number of benzene rings is 4. The van der Waals surface area contributed by atoms with E-state index in [0.717, 1.165) is 28.5 Å². The van der Waals surface area contributed by atoms with Crippen LogP contribution >= 0.6 is 0 Å². The van der Waals surface area contributed by atoms with E-state index in [9.17, 15) is 19.5 Å². The molecule has 0 amide bonds. The molecule has 5 aromatic rings. The molecule has 0 atom stereocenters. The summed E-state index contributed by atoms with van der Waals surface area (Å²) in [5, 5.41) is 10.6. The monoisotopic (exact) mass is 489 g/mol. The van der Waals surface area contributed by atoms with Crippen molar-refractivity contribution in [2.45, 2.75) is 20.3 Å².